The number of rotatable bonds is 0. The van der Waals surface area contributed by atoms with Gasteiger partial charge < -0.3 is 0 Å². The van der Waals surface area contributed by atoms with Crippen molar-refractivity contribution < 1.29 is 26.0 Å². The van der Waals surface area contributed by atoms with Crippen LogP contribution in [-0.4, -0.2) is 25.3 Å². The van der Waals surface area contributed by atoms with Crippen molar-refractivity contribution in [3.63, 3.8) is 0 Å². The number of halogens is 4. The Hall–Kier alpha value is -0.330. The van der Waals surface area contributed by atoms with Gasteiger partial charge in [-0.05, 0) is 0 Å². The van der Waals surface area contributed by atoms with E-state index in [4.69, 9.17) is 0 Å². The molecular weight excluding hydrogens is 188 g/mol. The van der Waals surface area contributed by atoms with Crippen molar-refractivity contribution in [1.29, 1.82) is 0 Å². The summed E-state index contributed by atoms with van der Waals surface area (Å²) in [5.74, 6) is -5.52. The molecule has 0 aromatic carbocycles. The van der Waals surface area contributed by atoms with Crippen LogP contribution < -0.4 is 0 Å². The average molecular weight is 192 g/mol. The van der Waals surface area contributed by atoms with Crippen LogP contribution in [0.4, 0.5) is 17.6 Å². The molecule has 1 aliphatic rings. The van der Waals surface area contributed by atoms with E-state index in [1.165, 1.54) is 0 Å². The quantitative estimate of drug-likeness (QED) is 0.537. The van der Waals surface area contributed by atoms with Gasteiger partial charge in [0.05, 0.1) is 6.42 Å². The molecule has 66 valence electrons. The summed E-state index contributed by atoms with van der Waals surface area (Å²) >= 11 is 0. The van der Waals surface area contributed by atoms with E-state index in [-0.39, 0.29) is 0 Å². The fourth-order valence-electron chi connectivity index (χ4n) is 0.846. The van der Waals surface area contributed by atoms with E-state index in [0.29, 0.717) is 0 Å². The van der Waals surface area contributed by atoms with Crippen molar-refractivity contribution in [2.75, 3.05) is 5.75 Å². The van der Waals surface area contributed by atoms with Crippen molar-refractivity contribution in [2.45, 2.75) is 17.6 Å². The summed E-state index contributed by atoms with van der Waals surface area (Å²) in [6.45, 7) is 0. The molecule has 0 N–H and O–H groups in total. The van der Waals surface area contributed by atoms with Crippen molar-refractivity contribution >= 4 is 9.84 Å². The molecule has 0 aromatic heterocycles. The molecule has 11 heavy (non-hydrogen) atoms. The minimum absolute atomic E-state index is 1.74. The second-order valence-electron chi connectivity index (χ2n) is 2.43. The van der Waals surface area contributed by atoms with Gasteiger partial charge in [-0.3, -0.25) is 0 Å². The lowest BCUT2D eigenvalue weighted by molar-refractivity contribution is -0.0338. The molecule has 0 spiro atoms. The van der Waals surface area contributed by atoms with Crippen molar-refractivity contribution in [1.82, 2.24) is 0 Å². The second-order valence-corrected chi connectivity index (χ2v) is 4.54. The van der Waals surface area contributed by atoms with E-state index in [1.54, 1.807) is 0 Å². The average Bonchev–Trinajstić information content (AvgIpc) is 1.66. The summed E-state index contributed by atoms with van der Waals surface area (Å²) in [5.41, 5.74) is 0. The monoisotopic (exact) mass is 192 g/mol. The van der Waals surface area contributed by atoms with E-state index < -0.39 is 33.2 Å². The summed E-state index contributed by atoms with van der Waals surface area (Å²) in [6, 6.07) is 0. The Labute approximate surface area is 60.1 Å². The van der Waals surface area contributed by atoms with Crippen LogP contribution in [0, 0.1) is 0 Å². The molecular formula is C4H4F4O2S. The smallest absolute Gasteiger partial charge is 0.222 e. The Morgan fingerprint density at radius 3 is 1.64 bits per heavy atom. The van der Waals surface area contributed by atoms with Crippen LogP contribution in [0.2, 0.25) is 0 Å². The maximum atomic E-state index is 12.1. The molecule has 0 unspecified atom stereocenters. The lowest BCUT2D eigenvalue weighted by Gasteiger charge is -2.05. The standard InChI is InChI=1S/C4H4F4O2S/c5-3(6)1-4(7,8)11(9,10)2-3/h1-2H2. The van der Waals surface area contributed by atoms with Gasteiger partial charge in [0.15, 0.2) is 0 Å². The van der Waals surface area contributed by atoms with Crippen molar-refractivity contribution in [3.8, 4) is 0 Å². The topological polar surface area (TPSA) is 34.1 Å². The zero-order chi connectivity index (χ0) is 8.91. The highest BCUT2D eigenvalue weighted by Gasteiger charge is 2.62. The molecule has 0 aromatic rings. The Morgan fingerprint density at radius 1 is 1.09 bits per heavy atom. The third-order valence-corrected chi connectivity index (χ3v) is 3.18. The predicted octanol–water partition coefficient (Wildman–Crippen LogP) is 1.03. The van der Waals surface area contributed by atoms with E-state index in [9.17, 15) is 26.0 Å². The van der Waals surface area contributed by atoms with Gasteiger partial charge in [0.1, 0.15) is 5.75 Å². The highest BCUT2D eigenvalue weighted by molar-refractivity contribution is 7.92. The zero-order valence-electron chi connectivity index (χ0n) is 5.15. The summed E-state index contributed by atoms with van der Waals surface area (Å²) in [4.78, 5) is 0. The molecule has 0 saturated carbocycles. The Bertz CT molecular complexity index is 268. The van der Waals surface area contributed by atoms with Crippen LogP contribution in [0.3, 0.4) is 0 Å². The molecule has 1 saturated heterocycles. The van der Waals surface area contributed by atoms with Crippen LogP contribution in [0.1, 0.15) is 6.42 Å². The number of sulfone groups is 1. The van der Waals surface area contributed by atoms with Crippen LogP contribution >= 0.6 is 0 Å². The highest BCUT2D eigenvalue weighted by Crippen LogP contribution is 2.43. The minimum Gasteiger partial charge on any atom is -0.222 e. The minimum atomic E-state index is -4.92. The normalized spacial score (nSPS) is 32.0. The van der Waals surface area contributed by atoms with Gasteiger partial charge >= 0.3 is 5.25 Å². The van der Waals surface area contributed by atoms with Gasteiger partial charge in [-0.25, -0.2) is 17.2 Å². The zero-order valence-corrected chi connectivity index (χ0v) is 5.97. The Kier molecular flexibility index (Phi) is 1.50. The third kappa shape index (κ3) is 1.33. The predicted molar refractivity (Wildman–Crippen MR) is 28.3 cm³/mol. The molecule has 1 rings (SSSR count). The van der Waals surface area contributed by atoms with E-state index in [0.717, 1.165) is 0 Å². The fourth-order valence-corrected chi connectivity index (χ4v) is 2.15. The Balaban J connectivity index is 3.09. The molecule has 0 atom stereocenters. The van der Waals surface area contributed by atoms with Gasteiger partial charge in [-0.2, -0.15) is 8.78 Å². The lowest BCUT2D eigenvalue weighted by atomic mass is 10.3. The van der Waals surface area contributed by atoms with Crippen molar-refractivity contribution in [2.24, 2.45) is 0 Å². The first kappa shape index (κ1) is 8.76. The summed E-state index contributed by atoms with van der Waals surface area (Å²) in [6.07, 6.45) is -1.89. The molecule has 1 aliphatic heterocycles. The van der Waals surface area contributed by atoms with Crippen LogP contribution in [0.5, 0.6) is 0 Å². The van der Waals surface area contributed by atoms with Gasteiger partial charge in [0.25, 0.3) is 5.92 Å². The van der Waals surface area contributed by atoms with E-state index in [1.807, 2.05) is 0 Å². The number of alkyl halides is 4. The van der Waals surface area contributed by atoms with Gasteiger partial charge in [-0.15, -0.1) is 0 Å². The first-order chi connectivity index (χ1) is 4.66. The summed E-state index contributed by atoms with van der Waals surface area (Å²) in [5, 5.41) is -4.25. The first-order valence-electron chi connectivity index (χ1n) is 2.64. The molecule has 1 fully saturated rings. The molecule has 1 heterocycles. The molecule has 7 heteroatoms. The maximum Gasteiger partial charge on any atom is 0.351 e. The fraction of sp³-hybridized carbons (Fsp3) is 1.00. The van der Waals surface area contributed by atoms with Crippen molar-refractivity contribution in [3.05, 3.63) is 0 Å². The number of hydrogen-bond acceptors (Lipinski definition) is 2. The largest absolute Gasteiger partial charge is 0.351 e. The molecule has 2 nitrogen and oxygen atoms in total. The molecule has 0 aliphatic carbocycles. The van der Waals surface area contributed by atoms with Gasteiger partial charge in [0.2, 0.25) is 9.84 Å². The SMILES string of the molecule is O=S1(=O)CC(F)(F)CC1(F)F. The maximum absolute atomic E-state index is 12.1. The third-order valence-electron chi connectivity index (χ3n) is 1.32. The van der Waals surface area contributed by atoms with Crippen LogP contribution in [0.15, 0.2) is 0 Å². The second kappa shape index (κ2) is 1.88. The van der Waals surface area contributed by atoms with E-state index >= 15 is 0 Å². The van der Waals surface area contributed by atoms with E-state index in [2.05, 4.69) is 0 Å². The summed E-state index contributed by atoms with van der Waals surface area (Å²) in [7, 11) is -4.92. The first-order valence-corrected chi connectivity index (χ1v) is 4.29. The van der Waals surface area contributed by atoms with Gasteiger partial charge in [-0.1, -0.05) is 0 Å². The van der Waals surface area contributed by atoms with Gasteiger partial charge in [0, 0.05) is 0 Å². The van der Waals surface area contributed by atoms with Crippen LogP contribution in [0.25, 0.3) is 0 Å². The molecule has 0 bridgehead atoms. The molecule has 0 amide bonds. The molecule has 0 radical (unpaired) electrons. The highest BCUT2D eigenvalue weighted by atomic mass is 32.2. The summed E-state index contributed by atoms with van der Waals surface area (Å²) < 4.78 is 69.0. The Morgan fingerprint density at radius 2 is 1.55 bits per heavy atom. The van der Waals surface area contributed by atoms with Crippen LogP contribution in [-0.2, 0) is 9.84 Å². The number of hydrogen-bond donors (Lipinski definition) is 0. The lowest BCUT2D eigenvalue weighted by Crippen LogP contribution is -2.22.